The number of nitrogens with zero attached hydrogens (tertiary/aromatic N) is 8. The van der Waals surface area contributed by atoms with Crippen LogP contribution in [0, 0.1) is 5.92 Å². The quantitative estimate of drug-likeness (QED) is 0.110. The van der Waals surface area contributed by atoms with E-state index in [2.05, 4.69) is 35.9 Å². The third kappa shape index (κ3) is 9.50. The molecule has 6 aromatic rings. The van der Waals surface area contributed by atoms with Crippen LogP contribution < -0.4 is 21.6 Å². The van der Waals surface area contributed by atoms with Gasteiger partial charge in [0, 0.05) is 64.0 Å². The first-order valence-electron chi connectivity index (χ1n) is 22.0. The van der Waals surface area contributed by atoms with E-state index in [1.54, 1.807) is 66.2 Å². The minimum atomic E-state index is -3.00. The Balaban J connectivity index is 0.782. The number of piperidine rings is 1. The Morgan fingerprint density at radius 2 is 1.88 bits per heavy atom. The SMILES string of the molecule is CN(C[C@H]1CN(CCCc2cccc3c2n(C)c(=O)n3C2CCC(=O)NC2=O)CCO1)C(=O)c1ccc(-n2cc(NC(=O)c3coc(-c4ccnc(NCC5CC5)c4)n3)c(C(F)F)n2)cc1. The third-order valence-corrected chi connectivity index (χ3v) is 12.3. The zero-order valence-corrected chi connectivity index (χ0v) is 36.4. The molecule has 4 aromatic heterocycles. The maximum atomic E-state index is 14.2. The van der Waals surface area contributed by atoms with Crippen LogP contribution >= 0.6 is 0 Å². The van der Waals surface area contributed by atoms with Crippen LogP contribution in [-0.4, -0.2) is 115 Å². The Morgan fingerprint density at radius 1 is 1.06 bits per heavy atom. The number of carbonyl (C=O) groups is 4. The van der Waals surface area contributed by atoms with E-state index in [4.69, 9.17) is 9.15 Å². The highest BCUT2D eigenvalue weighted by Gasteiger charge is 2.32. The lowest BCUT2D eigenvalue weighted by Crippen LogP contribution is -2.48. The molecule has 3 aliphatic rings. The van der Waals surface area contributed by atoms with Crippen molar-refractivity contribution in [2.45, 2.75) is 57.1 Å². The van der Waals surface area contributed by atoms with Gasteiger partial charge in [0.05, 0.1) is 41.3 Å². The maximum Gasteiger partial charge on any atom is 0.329 e. The van der Waals surface area contributed by atoms with Gasteiger partial charge in [0.1, 0.15) is 18.1 Å². The Hall–Kier alpha value is -7.06. The second-order valence-corrected chi connectivity index (χ2v) is 17.0. The van der Waals surface area contributed by atoms with Gasteiger partial charge in [-0.25, -0.2) is 28.2 Å². The fourth-order valence-corrected chi connectivity index (χ4v) is 8.61. The molecule has 2 aliphatic heterocycles. The third-order valence-electron chi connectivity index (χ3n) is 12.3. The average molecular weight is 906 g/mol. The number of oxazole rings is 1. The van der Waals surface area contributed by atoms with Crippen LogP contribution in [0.4, 0.5) is 20.3 Å². The lowest BCUT2D eigenvalue weighted by molar-refractivity contribution is -0.135. The predicted molar refractivity (Wildman–Crippen MR) is 237 cm³/mol. The van der Waals surface area contributed by atoms with Crippen LogP contribution in [0.15, 0.2) is 82.5 Å². The summed E-state index contributed by atoms with van der Waals surface area (Å²) >= 11 is 0. The number of imide groups is 1. The molecule has 0 radical (unpaired) electrons. The van der Waals surface area contributed by atoms with Gasteiger partial charge in [0.15, 0.2) is 11.4 Å². The number of aromatic nitrogens is 6. The molecule has 3 fully saturated rings. The standard InChI is InChI=1S/C46H49F2N11O7/c1-55(23-32-24-57(19-20-65-32)18-4-6-28-5-3-7-35-40(28)56(2)46(64)59(35)36-14-15-38(60)53-43(36)62)45(63)29-10-12-31(13-11-29)58-25-33(39(54-58)41(47)48)51-42(61)34-26-66-44(52-34)30-16-17-49-37(21-30)50-22-27-8-9-27/h3,5,7,10-13,16-17,21,25-27,32,36,41H,4,6,8-9,14-15,18-20,22-24H2,1-2H3,(H,49,50)(H,51,61)(H,53,60,62)/t32-,36?/m0/s1. The minimum Gasteiger partial charge on any atom is -0.444 e. The summed E-state index contributed by atoms with van der Waals surface area (Å²) in [7, 11) is 3.39. The number of halogens is 2. The second-order valence-electron chi connectivity index (χ2n) is 17.0. The van der Waals surface area contributed by atoms with Gasteiger partial charge in [0.25, 0.3) is 18.2 Å². The molecule has 2 saturated heterocycles. The monoisotopic (exact) mass is 905 g/mol. The number of fused-ring (bicyclic) bond motifs is 1. The number of benzene rings is 2. The highest BCUT2D eigenvalue weighted by atomic mass is 19.3. The van der Waals surface area contributed by atoms with Crippen molar-refractivity contribution < 1.29 is 37.1 Å². The zero-order valence-electron chi connectivity index (χ0n) is 36.4. The predicted octanol–water partition coefficient (Wildman–Crippen LogP) is 4.97. The van der Waals surface area contributed by atoms with Crippen molar-refractivity contribution in [1.82, 2.24) is 44.0 Å². The molecule has 18 nitrogen and oxygen atoms in total. The van der Waals surface area contributed by atoms with Crippen molar-refractivity contribution in [3.63, 3.8) is 0 Å². The molecule has 344 valence electrons. The van der Waals surface area contributed by atoms with Gasteiger partial charge in [0.2, 0.25) is 17.7 Å². The number of hydrogen-bond acceptors (Lipinski definition) is 12. The van der Waals surface area contributed by atoms with E-state index >= 15 is 0 Å². The first kappa shape index (κ1) is 44.2. The lowest BCUT2D eigenvalue weighted by Gasteiger charge is -2.35. The number of rotatable bonds is 16. The van der Waals surface area contributed by atoms with Gasteiger partial charge in [-0.05, 0) is 92.6 Å². The molecule has 1 saturated carbocycles. The first-order chi connectivity index (χ1) is 31.9. The molecule has 1 aliphatic carbocycles. The van der Waals surface area contributed by atoms with Gasteiger partial charge >= 0.3 is 5.69 Å². The van der Waals surface area contributed by atoms with Gasteiger partial charge in [-0.2, -0.15) is 5.10 Å². The summed E-state index contributed by atoms with van der Waals surface area (Å²) in [6.45, 7) is 3.74. The number of anilines is 2. The summed E-state index contributed by atoms with van der Waals surface area (Å²) in [5, 5.41) is 12.2. The molecule has 9 rings (SSSR count). The molecule has 6 heterocycles. The Bertz CT molecular complexity index is 2850. The number of likely N-dealkylation sites (N-methyl/N-ethyl adjacent to an activating group) is 1. The van der Waals surface area contributed by atoms with Crippen molar-refractivity contribution in [3.05, 3.63) is 106 Å². The molecule has 4 amide bonds. The molecular formula is C46H49F2N11O7. The Morgan fingerprint density at radius 3 is 2.65 bits per heavy atom. The number of aryl methyl sites for hydroxylation is 2. The summed E-state index contributed by atoms with van der Waals surface area (Å²) in [5.74, 6) is -0.349. The molecule has 0 bridgehead atoms. The molecule has 1 unspecified atom stereocenters. The van der Waals surface area contributed by atoms with E-state index in [0.717, 1.165) is 43.4 Å². The topological polar surface area (TPSA) is 204 Å². The van der Waals surface area contributed by atoms with Crippen LogP contribution in [0.25, 0.3) is 28.2 Å². The number of carbonyl (C=O) groups excluding carboxylic acids is 4. The maximum absolute atomic E-state index is 14.2. The van der Waals surface area contributed by atoms with E-state index in [0.29, 0.717) is 60.2 Å². The highest BCUT2D eigenvalue weighted by Crippen LogP contribution is 2.31. The highest BCUT2D eigenvalue weighted by molar-refractivity contribution is 6.03. The summed E-state index contributed by atoms with van der Waals surface area (Å²) in [6.07, 6.45) is 5.10. The second kappa shape index (κ2) is 18.8. The van der Waals surface area contributed by atoms with Gasteiger partial charge in [-0.15, -0.1) is 0 Å². The number of pyridine rings is 1. The number of imidazole rings is 1. The number of nitrogens with one attached hydrogen (secondary N) is 3. The van der Waals surface area contributed by atoms with Gasteiger partial charge < -0.3 is 24.7 Å². The van der Waals surface area contributed by atoms with Crippen LogP contribution in [0.3, 0.4) is 0 Å². The van der Waals surface area contributed by atoms with Crippen LogP contribution in [-0.2, 0) is 27.8 Å². The summed E-state index contributed by atoms with van der Waals surface area (Å²) in [5.41, 5.74) is 2.51. The minimum absolute atomic E-state index is 0.109. The number of morpholine rings is 1. The lowest BCUT2D eigenvalue weighted by atomic mass is 10.0. The normalized spacial score (nSPS) is 17.9. The Labute approximate surface area is 376 Å². The van der Waals surface area contributed by atoms with E-state index < -0.39 is 30.0 Å². The van der Waals surface area contributed by atoms with E-state index in [1.807, 2.05) is 18.2 Å². The number of amides is 4. The Kier molecular flexibility index (Phi) is 12.6. The number of ether oxygens (including phenoxy) is 1. The summed E-state index contributed by atoms with van der Waals surface area (Å²) < 4.78 is 44.2. The van der Waals surface area contributed by atoms with E-state index in [-0.39, 0.29) is 53.7 Å². The number of para-hydroxylation sites is 1. The van der Waals surface area contributed by atoms with Crippen LogP contribution in [0.2, 0.25) is 0 Å². The van der Waals surface area contributed by atoms with Crippen LogP contribution in [0.1, 0.15) is 76.7 Å². The molecule has 0 spiro atoms. The summed E-state index contributed by atoms with van der Waals surface area (Å²) in [6, 6.07) is 14.8. The fraction of sp³-hybridized carbons (Fsp3) is 0.391. The molecule has 66 heavy (non-hydrogen) atoms. The number of hydrogen-bond donors (Lipinski definition) is 3. The smallest absolute Gasteiger partial charge is 0.329 e. The molecule has 2 atom stereocenters. The van der Waals surface area contributed by atoms with Gasteiger partial charge in [-0.3, -0.25) is 38.5 Å². The average Bonchev–Trinajstić information content (AvgIpc) is 3.72. The first-order valence-corrected chi connectivity index (χ1v) is 22.0. The molecule has 20 heteroatoms. The van der Waals surface area contributed by atoms with Crippen LogP contribution in [0.5, 0.6) is 0 Å². The molecule has 3 N–H and O–H groups in total. The number of alkyl halides is 2. The summed E-state index contributed by atoms with van der Waals surface area (Å²) in [4.78, 5) is 77.0. The van der Waals surface area contributed by atoms with Crippen molar-refractivity contribution in [2.24, 2.45) is 13.0 Å². The van der Waals surface area contributed by atoms with E-state index in [9.17, 15) is 32.8 Å². The molecule has 2 aromatic carbocycles. The largest absolute Gasteiger partial charge is 0.444 e. The fourth-order valence-electron chi connectivity index (χ4n) is 8.61. The van der Waals surface area contributed by atoms with Crippen molar-refractivity contribution in [3.8, 4) is 17.1 Å². The van der Waals surface area contributed by atoms with Gasteiger partial charge in [-0.1, -0.05) is 12.1 Å². The zero-order chi connectivity index (χ0) is 46.1. The van der Waals surface area contributed by atoms with Crippen molar-refractivity contribution in [1.29, 1.82) is 0 Å². The van der Waals surface area contributed by atoms with Crippen molar-refractivity contribution in [2.75, 3.05) is 57.0 Å². The molecular weight excluding hydrogens is 857 g/mol. The van der Waals surface area contributed by atoms with E-state index in [1.165, 1.54) is 28.3 Å². The van der Waals surface area contributed by atoms with Crippen molar-refractivity contribution >= 4 is 46.2 Å².